The number of carbonyl (C=O) groups excluding carboxylic acids is 1. The summed E-state index contributed by atoms with van der Waals surface area (Å²) in [6.07, 6.45) is 0. The van der Waals surface area contributed by atoms with Gasteiger partial charge >= 0.3 is 0 Å². The number of halogens is 1. The average Bonchev–Trinajstić information content (AvgIpc) is 2.42. The van der Waals surface area contributed by atoms with Crippen molar-refractivity contribution in [1.29, 1.82) is 0 Å². The minimum Gasteiger partial charge on any atom is -0.335 e. The lowest BCUT2D eigenvalue weighted by Crippen LogP contribution is -2.36. The van der Waals surface area contributed by atoms with Gasteiger partial charge in [0.05, 0.1) is 17.9 Å². The van der Waals surface area contributed by atoms with Crippen LogP contribution in [0.4, 0.5) is 0 Å². The fourth-order valence-corrected chi connectivity index (χ4v) is 2.40. The number of rotatable bonds is 0. The van der Waals surface area contributed by atoms with Crippen LogP contribution in [0.5, 0.6) is 0 Å². The molecule has 4 nitrogen and oxygen atoms in total. The van der Waals surface area contributed by atoms with Crippen LogP contribution in [0.25, 0.3) is 0 Å². The fourth-order valence-electron chi connectivity index (χ4n) is 1.75. The molecule has 0 N–H and O–H groups in total. The van der Waals surface area contributed by atoms with Gasteiger partial charge < -0.3 is 9.47 Å². The van der Waals surface area contributed by atoms with Crippen molar-refractivity contribution in [3.63, 3.8) is 0 Å². The molecule has 1 amide bonds. The van der Waals surface area contributed by atoms with Gasteiger partial charge in [-0.05, 0) is 22.9 Å². The number of nitrogens with zero attached hydrogens (tertiary/aromatic N) is 3. The number of aryl methyl sites for hydroxylation is 1. The summed E-state index contributed by atoms with van der Waals surface area (Å²) in [5.74, 6) is 0.132. The first-order chi connectivity index (χ1) is 6.59. The molecular formula is C9H12BrN3O. The zero-order valence-corrected chi connectivity index (χ0v) is 9.84. The molecule has 1 aromatic heterocycles. The largest absolute Gasteiger partial charge is 0.335 e. The van der Waals surface area contributed by atoms with E-state index in [9.17, 15) is 4.79 Å². The van der Waals surface area contributed by atoms with Crippen LogP contribution in [0.2, 0.25) is 0 Å². The molecule has 2 rings (SSSR count). The summed E-state index contributed by atoms with van der Waals surface area (Å²) in [5.41, 5.74) is 2.14. The molecule has 14 heavy (non-hydrogen) atoms. The second kappa shape index (κ2) is 3.38. The fraction of sp³-hybridized carbons (Fsp3) is 0.556. The first-order valence-electron chi connectivity index (χ1n) is 4.56. The summed E-state index contributed by atoms with van der Waals surface area (Å²) in [7, 11) is 0. The number of imidazole rings is 1. The van der Waals surface area contributed by atoms with E-state index >= 15 is 0 Å². The highest BCUT2D eigenvalue weighted by Gasteiger charge is 2.22. The number of hydrogen-bond donors (Lipinski definition) is 0. The Hall–Kier alpha value is -0.840. The maximum absolute atomic E-state index is 11.2. The van der Waals surface area contributed by atoms with Crippen molar-refractivity contribution in [3.05, 3.63) is 16.1 Å². The third kappa shape index (κ3) is 1.45. The molecule has 2 heterocycles. The molecule has 1 aromatic rings. The Morgan fingerprint density at radius 3 is 2.86 bits per heavy atom. The third-order valence-electron chi connectivity index (χ3n) is 2.61. The Bertz CT molecular complexity index is 386. The summed E-state index contributed by atoms with van der Waals surface area (Å²) in [5, 5.41) is 0. The van der Waals surface area contributed by atoms with Gasteiger partial charge in [0, 0.05) is 20.0 Å². The third-order valence-corrected chi connectivity index (χ3v) is 3.21. The van der Waals surface area contributed by atoms with Gasteiger partial charge in [-0.3, -0.25) is 4.79 Å². The normalized spacial score (nSPS) is 15.5. The molecule has 5 heteroatoms. The van der Waals surface area contributed by atoms with Gasteiger partial charge in [-0.1, -0.05) is 0 Å². The van der Waals surface area contributed by atoms with Crippen molar-refractivity contribution in [3.8, 4) is 0 Å². The molecule has 1 aliphatic rings. The van der Waals surface area contributed by atoms with Gasteiger partial charge in [-0.25, -0.2) is 4.98 Å². The monoisotopic (exact) mass is 257 g/mol. The highest BCUT2D eigenvalue weighted by Crippen LogP contribution is 2.21. The predicted molar refractivity (Wildman–Crippen MR) is 55.8 cm³/mol. The van der Waals surface area contributed by atoms with E-state index in [0.29, 0.717) is 6.54 Å². The Morgan fingerprint density at radius 1 is 1.50 bits per heavy atom. The van der Waals surface area contributed by atoms with Crippen LogP contribution in [0.15, 0.2) is 4.73 Å². The van der Waals surface area contributed by atoms with Crippen molar-refractivity contribution < 1.29 is 4.79 Å². The van der Waals surface area contributed by atoms with Gasteiger partial charge in [0.15, 0.2) is 4.73 Å². The number of carbonyl (C=O) groups is 1. The number of aromatic nitrogens is 2. The summed E-state index contributed by atoms with van der Waals surface area (Å²) in [6, 6.07) is 0. The molecule has 1 aliphatic heterocycles. The van der Waals surface area contributed by atoms with Crippen molar-refractivity contribution >= 4 is 21.8 Å². The quantitative estimate of drug-likeness (QED) is 0.703. The maximum atomic E-state index is 11.2. The van der Waals surface area contributed by atoms with E-state index in [-0.39, 0.29) is 5.91 Å². The van der Waals surface area contributed by atoms with Gasteiger partial charge in [0.2, 0.25) is 5.91 Å². The number of fused-ring (bicyclic) bond motifs is 1. The topological polar surface area (TPSA) is 38.1 Å². The molecule has 76 valence electrons. The minimum absolute atomic E-state index is 0.132. The van der Waals surface area contributed by atoms with Gasteiger partial charge in [0.1, 0.15) is 0 Å². The van der Waals surface area contributed by atoms with E-state index in [1.165, 1.54) is 0 Å². The molecule has 0 aromatic carbocycles. The molecule has 0 saturated heterocycles. The average molecular weight is 258 g/mol. The Labute approximate surface area is 91.0 Å². The summed E-state index contributed by atoms with van der Waals surface area (Å²) in [4.78, 5) is 17.4. The van der Waals surface area contributed by atoms with Gasteiger partial charge in [-0.2, -0.15) is 0 Å². The molecule has 0 spiro atoms. The Morgan fingerprint density at radius 2 is 2.21 bits per heavy atom. The molecule has 0 radical (unpaired) electrons. The Balaban J connectivity index is 2.34. The predicted octanol–water partition coefficient (Wildman–Crippen LogP) is 1.32. The highest BCUT2D eigenvalue weighted by molar-refractivity contribution is 9.10. The van der Waals surface area contributed by atoms with Gasteiger partial charge in [0.25, 0.3) is 0 Å². The zero-order valence-electron chi connectivity index (χ0n) is 8.25. The first-order valence-corrected chi connectivity index (χ1v) is 5.36. The van der Waals surface area contributed by atoms with Crippen molar-refractivity contribution in [2.24, 2.45) is 0 Å². The van der Waals surface area contributed by atoms with Crippen molar-refractivity contribution in [2.45, 2.75) is 26.9 Å². The smallest absolute Gasteiger partial charge is 0.219 e. The molecule has 0 atom stereocenters. The van der Waals surface area contributed by atoms with Crippen molar-refractivity contribution in [2.75, 3.05) is 6.54 Å². The van der Waals surface area contributed by atoms with Crippen LogP contribution in [-0.2, 0) is 17.9 Å². The van der Waals surface area contributed by atoms with E-state index in [4.69, 9.17) is 0 Å². The van der Waals surface area contributed by atoms with Crippen LogP contribution in [0.1, 0.15) is 18.3 Å². The lowest BCUT2D eigenvalue weighted by molar-refractivity contribution is -0.130. The molecule has 0 saturated carbocycles. The van der Waals surface area contributed by atoms with Crippen LogP contribution in [0.3, 0.4) is 0 Å². The minimum atomic E-state index is 0.132. The summed E-state index contributed by atoms with van der Waals surface area (Å²) >= 11 is 3.41. The first kappa shape index (κ1) is 9.71. The van der Waals surface area contributed by atoms with Gasteiger partial charge in [-0.15, -0.1) is 0 Å². The van der Waals surface area contributed by atoms with Crippen LogP contribution >= 0.6 is 15.9 Å². The van der Waals surface area contributed by atoms with Crippen LogP contribution in [-0.4, -0.2) is 26.9 Å². The van der Waals surface area contributed by atoms with E-state index < -0.39 is 0 Å². The van der Waals surface area contributed by atoms with Crippen LogP contribution in [0, 0.1) is 6.92 Å². The van der Waals surface area contributed by atoms with Crippen molar-refractivity contribution in [1.82, 2.24) is 14.5 Å². The van der Waals surface area contributed by atoms with E-state index in [1.807, 2.05) is 11.8 Å². The van der Waals surface area contributed by atoms with E-state index in [1.54, 1.807) is 6.92 Å². The number of hydrogen-bond acceptors (Lipinski definition) is 2. The molecule has 0 unspecified atom stereocenters. The molecular weight excluding hydrogens is 246 g/mol. The summed E-state index contributed by atoms with van der Waals surface area (Å²) < 4.78 is 2.99. The Kier molecular flexibility index (Phi) is 2.34. The molecule has 0 bridgehead atoms. The van der Waals surface area contributed by atoms with E-state index in [2.05, 4.69) is 25.5 Å². The highest BCUT2D eigenvalue weighted by atomic mass is 79.9. The molecule has 0 fully saturated rings. The van der Waals surface area contributed by atoms with E-state index in [0.717, 1.165) is 29.2 Å². The second-order valence-electron chi connectivity index (χ2n) is 3.51. The lowest BCUT2D eigenvalue weighted by Gasteiger charge is -2.27. The molecule has 0 aliphatic carbocycles. The SMILES string of the molecule is CC(=O)N1CCn2c(Br)nc(C)c2C1. The maximum Gasteiger partial charge on any atom is 0.219 e. The zero-order chi connectivity index (χ0) is 10.3. The number of amides is 1. The standard InChI is InChI=1S/C9H12BrN3O/c1-6-8-5-12(7(2)14)3-4-13(8)9(10)11-6/h3-5H2,1-2H3. The summed E-state index contributed by atoms with van der Waals surface area (Å²) in [6.45, 7) is 5.86. The van der Waals surface area contributed by atoms with Crippen LogP contribution < -0.4 is 0 Å². The second-order valence-corrected chi connectivity index (χ2v) is 4.21. The lowest BCUT2D eigenvalue weighted by atomic mass is 10.2.